The van der Waals surface area contributed by atoms with Crippen molar-refractivity contribution in [3.8, 4) is 0 Å². The Hall–Kier alpha value is -0.160. The molecule has 0 aromatic carbocycles. The Kier molecular flexibility index (Phi) is 5.29. The molecule has 20 heavy (non-hydrogen) atoms. The maximum atomic E-state index is 5.93. The molecule has 0 aromatic rings. The first-order chi connectivity index (χ1) is 8.84. The van der Waals surface area contributed by atoms with Crippen molar-refractivity contribution < 1.29 is 14.0 Å². The van der Waals surface area contributed by atoms with Gasteiger partial charge in [-0.05, 0) is 53.3 Å². The average Bonchev–Trinajstić information content (AvgIpc) is 2.44. The summed E-state index contributed by atoms with van der Waals surface area (Å²) in [6.07, 6.45) is 0. The van der Waals surface area contributed by atoms with Crippen LogP contribution >= 0.6 is 11.8 Å². The van der Waals surface area contributed by atoms with Crippen molar-refractivity contribution in [2.75, 3.05) is 0 Å². The highest BCUT2D eigenvalue weighted by Gasteiger charge is 2.52. The van der Waals surface area contributed by atoms with Gasteiger partial charge >= 0.3 is 14.6 Å². The summed E-state index contributed by atoms with van der Waals surface area (Å²) in [5.41, 5.74) is -0.933. The molecule has 0 aromatic heterocycles. The Bertz CT molecular complexity index is 384. The van der Waals surface area contributed by atoms with Crippen LogP contribution in [0.25, 0.3) is 0 Å². The van der Waals surface area contributed by atoms with Crippen LogP contribution in [0, 0.1) is 0 Å². The van der Waals surface area contributed by atoms with Crippen LogP contribution in [0.1, 0.15) is 48.5 Å². The predicted octanol–water partition coefficient (Wildman–Crippen LogP) is 3.77. The number of hydrogen-bond acceptors (Lipinski definition) is 4. The third kappa shape index (κ3) is 4.69. The Balaban J connectivity index is 2.51. The second-order valence-corrected chi connectivity index (χ2v) is 8.22. The zero-order valence-electron chi connectivity index (χ0n) is 13.7. The zero-order valence-corrected chi connectivity index (χ0v) is 14.5. The summed E-state index contributed by atoms with van der Waals surface area (Å²) < 4.78 is 17.4. The zero-order chi connectivity index (χ0) is 15.8. The topological polar surface area (TPSA) is 27.7 Å². The summed E-state index contributed by atoms with van der Waals surface area (Å²) >= 11 is 1.42. The van der Waals surface area contributed by atoms with Gasteiger partial charge in [0.1, 0.15) is 0 Å². The van der Waals surface area contributed by atoms with Gasteiger partial charge in [-0.25, -0.2) is 0 Å². The third-order valence-corrected chi connectivity index (χ3v) is 4.14. The van der Waals surface area contributed by atoms with Gasteiger partial charge in [0, 0.05) is 10.4 Å². The molecule has 0 amide bonds. The highest BCUT2D eigenvalue weighted by molar-refractivity contribution is 8.09. The van der Waals surface area contributed by atoms with Crippen LogP contribution in [0.2, 0.25) is 0 Å². The van der Waals surface area contributed by atoms with Crippen LogP contribution in [0.15, 0.2) is 22.8 Å². The van der Waals surface area contributed by atoms with Crippen molar-refractivity contribution in [2.24, 2.45) is 0 Å². The van der Waals surface area contributed by atoms with Gasteiger partial charge in [0.25, 0.3) is 0 Å². The smallest absolute Gasteiger partial charge is 0.429 e. The monoisotopic (exact) mass is 295 g/mol. The Morgan fingerprint density at radius 3 is 1.95 bits per heavy atom. The van der Waals surface area contributed by atoms with Gasteiger partial charge in [-0.1, -0.05) is 13.2 Å². The maximum Gasteiger partial charge on any atom is 0.501 e. The van der Waals surface area contributed by atoms with Crippen molar-refractivity contribution in [1.29, 1.82) is 0 Å². The van der Waals surface area contributed by atoms with Gasteiger partial charge in [-0.3, -0.25) is 0 Å². The highest BCUT2D eigenvalue weighted by atomic mass is 32.2. The van der Waals surface area contributed by atoms with E-state index in [1.54, 1.807) is 7.48 Å². The number of hydrogen-bond donors (Lipinski definition) is 0. The largest absolute Gasteiger partial charge is 0.501 e. The van der Waals surface area contributed by atoms with E-state index in [-0.39, 0.29) is 16.8 Å². The van der Waals surface area contributed by atoms with E-state index in [1.807, 2.05) is 48.5 Å². The minimum absolute atomic E-state index is 0.227. The van der Waals surface area contributed by atoms with Gasteiger partial charge in [-0.15, -0.1) is 11.8 Å². The lowest BCUT2D eigenvalue weighted by atomic mass is 9.90. The highest BCUT2D eigenvalue weighted by Crippen LogP contribution is 2.41. The van der Waals surface area contributed by atoms with Crippen molar-refractivity contribution in [3.05, 3.63) is 22.8 Å². The molecule has 1 rings (SSSR count). The van der Waals surface area contributed by atoms with E-state index < -0.39 is 7.12 Å². The third-order valence-electron chi connectivity index (χ3n) is 3.32. The second-order valence-electron chi connectivity index (χ2n) is 6.97. The van der Waals surface area contributed by atoms with Crippen LogP contribution in [-0.2, 0) is 14.0 Å². The molecule has 1 radical (unpaired) electrons. The quantitative estimate of drug-likeness (QED) is 0.722. The van der Waals surface area contributed by atoms with Crippen LogP contribution < -0.4 is 0 Å². The minimum atomic E-state index is -0.426. The van der Waals surface area contributed by atoms with Crippen LogP contribution in [0.4, 0.5) is 0 Å². The molecule has 111 valence electrons. The normalized spacial score (nSPS) is 20.9. The second kappa shape index (κ2) is 5.91. The molecule has 1 saturated heterocycles. The van der Waals surface area contributed by atoms with E-state index in [1.165, 1.54) is 11.8 Å². The van der Waals surface area contributed by atoms with Gasteiger partial charge in [0.05, 0.1) is 11.2 Å². The molecule has 0 spiro atoms. The van der Waals surface area contributed by atoms with Crippen LogP contribution in [-0.4, -0.2) is 31.4 Å². The SMILES string of the molecule is C=C([B]OC(C)(C)C)SC(=C)B1OC(C)(C)C(C)(C)O1. The molecular weight excluding hydrogens is 270 g/mol. The molecule has 0 N–H and O–H groups in total. The molecule has 1 fully saturated rings. The summed E-state index contributed by atoms with van der Waals surface area (Å²) in [7, 11) is 1.23. The fourth-order valence-corrected chi connectivity index (χ4v) is 2.08. The standard InChI is InChI=1S/C14H25B2O3S/c1-10(15-17-12(3,4)5)20-11(2)16-18-13(6,7)14(8,9)19-16/h1-2H2,3-9H3. The lowest BCUT2D eigenvalue weighted by Gasteiger charge is -2.32. The van der Waals surface area contributed by atoms with E-state index >= 15 is 0 Å². The van der Waals surface area contributed by atoms with Crippen LogP contribution in [0.3, 0.4) is 0 Å². The first kappa shape index (κ1) is 17.9. The van der Waals surface area contributed by atoms with Crippen molar-refractivity contribution in [2.45, 2.75) is 65.3 Å². The fourth-order valence-electron chi connectivity index (χ4n) is 1.46. The summed E-state index contributed by atoms with van der Waals surface area (Å²) in [6, 6.07) is 0. The van der Waals surface area contributed by atoms with Crippen molar-refractivity contribution in [1.82, 2.24) is 0 Å². The van der Waals surface area contributed by atoms with E-state index in [0.29, 0.717) is 0 Å². The molecule has 0 saturated carbocycles. The first-order valence-electron chi connectivity index (χ1n) is 6.76. The van der Waals surface area contributed by atoms with Crippen molar-refractivity contribution >= 4 is 26.4 Å². The Morgan fingerprint density at radius 1 is 1.10 bits per heavy atom. The van der Waals surface area contributed by atoms with Gasteiger partial charge in [-0.2, -0.15) is 0 Å². The molecule has 3 nitrogen and oxygen atoms in total. The van der Waals surface area contributed by atoms with Gasteiger partial charge in [0.2, 0.25) is 0 Å². The molecule has 0 unspecified atom stereocenters. The summed E-state index contributed by atoms with van der Waals surface area (Å²) in [4.78, 5) is 1.56. The Labute approximate surface area is 128 Å². The van der Waals surface area contributed by atoms with Gasteiger partial charge in [0.15, 0.2) is 0 Å². The van der Waals surface area contributed by atoms with Crippen molar-refractivity contribution in [3.63, 3.8) is 0 Å². The van der Waals surface area contributed by atoms with Crippen LogP contribution in [0.5, 0.6) is 0 Å². The summed E-state index contributed by atoms with van der Waals surface area (Å²) in [5.74, 6) is 0. The molecule has 1 aliphatic rings. The van der Waals surface area contributed by atoms with E-state index in [0.717, 1.165) is 9.61 Å². The summed E-state index contributed by atoms with van der Waals surface area (Å²) in [6.45, 7) is 22.0. The lowest BCUT2D eigenvalue weighted by molar-refractivity contribution is 0.00578. The number of rotatable bonds is 5. The van der Waals surface area contributed by atoms with Gasteiger partial charge < -0.3 is 14.0 Å². The maximum absolute atomic E-state index is 5.93. The first-order valence-corrected chi connectivity index (χ1v) is 7.58. The molecule has 1 heterocycles. The lowest BCUT2D eigenvalue weighted by Crippen LogP contribution is -2.41. The fraction of sp³-hybridized carbons (Fsp3) is 0.714. The average molecular weight is 295 g/mol. The number of thioether (sulfide) groups is 1. The molecule has 6 heteroatoms. The molecule has 0 bridgehead atoms. The molecule has 1 aliphatic heterocycles. The Morgan fingerprint density at radius 2 is 1.55 bits per heavy atom. The molecule has 0 aliphatic carbocycles. The predicted molar refractivity (Wildman–Crippen MR) is 88.5 cm³/mol. The molecular formula is C14H25B2O3S. The molecule has 0 atom stereocenters. The minimum Gasteiger partial charge on any atom is -0.429 e. The summed E-state index contributed by atoms with van der Waals surface area (Å²) in [5, 5.41) is 0. The van der Waals surface area contributed by atoms with E-state index in [2.05, 4.69) is 13.2 Å². The van der Waals surface area contributed by atoms with E-state index in [4.69, 9.17) is 14.0 Å². The van der Waals surface area contributed by atoms with E-state index in [9.17, 15) is 0 Å².